The lowest BCUT2D eigenvalue weighted by Gasteiger charge is -2.36. The standard InChI is InChI=1S/C27H38ClN3O5/c1-4-13-29-23(33)20-21-25(35)31(14-7-5-6-8-15-32)22(27(21)16-17(2)26(20,3)36-27)24(34)30-19-11-9-18(28)10-12-19/h9-12,17,20-22,32H,4-8,13-16H2,1-3H3,(H,29,33)(H,30,34)/t17?,20-,21-,22?,26+,27?/m0/s1. The number of nitrogens with zero attached hydrogens (tertiary/aromatic N) is 1. The fraction of sp³-hybridized carbons (Fsp3) is 0.667. The molecular formula is C27H38ClN3O5. The summed E-state index contributed by atoms with van der Waals surface area (Å²) < 4.78 is 6.70. The predicted octanol–water partition coefficient (Wildman–Crippen LogP) is 3.37. The minimum Gasteiger partial charge on any atom is -0.396 e. The zero-order valence-corrected chi connectivity index (χ0v) is 22.1. The van der Waals surface area contributed by atoms with Gasteiger partial charge >= 0.3 is 0 Å². The largest absolute Gasteiger partial charge is 0.396 e. The van der Waals surface area contributed by atoms with E-state index in [1.807, 2.05) is 20.8 Å². The molecule has 0 aliphatic carbocycles. The maximum atomic E-state index is 14.0. The van der Waals surface area contributed by atoms with Crippen molar-refractivity contribution in [2.75, 3.05) is 25.0 Å². The summed E-state index contributed by atoms with van der Waals surface area (Å²) in [5, 5.41) is 15.6. The van der Waals surface area contributed by atoms with E-state index in [2.05, 4.69) is 10.6 Å². The molecule has 36 heavy (non-hydrogen) atoms. The number of amides is 3. The monoisotopic (exact) mass is 519 g/mol. The first kappa shape index (κ1) is 26.9. The van der Waals surface area contributed by atoms with E-state index in [1.54, 1.807) is 29.2 Å². The summed E-state index contributed by atoms with van der Waals surface area (Å²) in [6.45, 7) is 7.02. The number of aliphatic hydroxyl groups excluding tert-OH is 1. The van der Waals surface area contributed by atoms with E-state index >= 15 is 0 Å². The van der Waals surface area contributed by atoms with Gasteiger partial charge in [0.15, 0.2) is 0 Å². The third-order valence-electron chi connectivity index (χ3n) is 8.31. The second-order valence-corrected chi connectivity index (χ2v) is 11.1. The number of nitrogens with one attached hydrogen (secondary N) is 2. The summed E-state index contributed by atoms with van der Waals surface area (Å²) >= 11 is 6.01. The number of hydrogen-bond donors (Lipinski definition) is 3. The number of aliphatic hydroxyl groups is 1. The van der Waals surface area contributed by atoms with Crippen LogP contribution in [-0.4, -0.2) is 64.7 Å². The van der Waals surface area contributed by atoms with Gasteiger partial charge < -0.3 is 25.4 Å². The Labute approximate surface area is 218 Å². The van der Waals surface area contributed by atoms with Crippen LogP contribution in [0.5, 0.6) is 0 Å². The van der Waals surface area contributed by atoms with E-state index in [1.165, 1.54) is 0 Å². The molecule has 3 amide bonds. The molecule has 2 bridgehead atoms. The fourth-order valence-corrected chi connectivity index (χ4v) is 6.66. The van der Waals surface area contributed by atoms with Crippen molar-refractivity contribution in [1.82, 2.24) is 10.2 Å². The van der Waals surface area contributed by atoms with Crippen LogP contribution in [0.1, 0.15) is 59.3 Å². The molecule has 4 rings (SSSR count). The Bertz CT molecular complexity index is 988. The molecule has 198 valence electrons. The lowest BCUT2D eigenvalue weighted by atomic mass is 9.62. The minimum atomic E-state index is -1.05. The zero-order valence-electron chi connectivity index (χ0n) is 21.4. The summed E-state index contributed by atoms with van der Waals surface area (Å²) in [4.78, 5) is 42.8. The number of carbonyl (C=O) groups is 3. The lowest BCUT2D eigenvalue weighted by Crippen LogP contribution is -2.54. The Morgan fingerprint density at radius 1 is 1.17 bits per heavy atom. The Morgan fingerprint density at radius 3 is 2.53 bits per heavy atom. The Hall–Kier alpha value is -2.16. The van der Waals surface area contributed by atoms with Crippen LogP contribution in [-0.2, 0) is 19.1 Å². The highest BCUT2D eigenvalue weighted by molar-refractivity contribution is 6.30. The van der Waals surface area contributed by atoms with Gasteiger partial charge in [0.2, 0.25) is 17.7 Å². The van der Waals surface area contributed by atoms with Crippen LogP contribution >= 0.6 is 11.6 Å². The average Bonchev–Trinajstić information content (AvgIpc) is 3.35. The number of hydrogen-bond acceptors (Lipinski definition) is 5. The third-order valence-corrected chi connectivity index (χ3v) is 8.57. The number of likely N-dealkylation sites (tertiary alicyclic amines) is 1. The van der Waals surface area contributed by atoms with Crippen LogP contribution in [0.4, 0.5) is 5.69 Å². The average molecular weight is 520 g/mol. The van der Waals surface area contributed by atoms with Gasteiger partial charge in [-0.05, 0) is 62.8 Å². The van der Waals surface area contributed by atoms with Gasteiger partial charge in [-0.2, -0.15) is 0 Å². The molecule has 1 aromatic carbocycles. The maximum Gasteiger partial charge on any atom is 0.250 e. The maximum absolute atomic E-state index is 14.0. The van der Waals surface area contributed by atoms with Crippen molar-refractivity contribution in [3.63, 3.8) is 0 Å². The first-order valence-electron chi connectivity index (χ1n) is 13.1. The highest BCUT2D eigenvalue weighted by Gasteiger charge is 2.79. The molecule has 3 fully saturated rings. The summed E-state index contributed by atoms with van der Waals surface area (Å²) in [5.41, 5.74) is -1.28. The Balaban J connectivity index is 1.66. The molecule has 3 heterocycles. The van der Waals surface area contributed by atoms with Crippen molar-refractivity contribution < 1.29 is 24.2 Å². The number of rotatable bonds is 11. The second kappa shape index (κ2) is 10.7. The number of anilines is 1. The van der Waals surface area contributed by atoms with Gasteiger partial charge in [0.05, 0.1) is 17.4 Å². The van der Waals surface area contributed by atoms with Gasteiger partial charge in [0.25, 0.3) is 0 Å². The molecule has 3 aliphatic rings. The quantitative estimate of drug-likeness (QED) is 0.388. The van der Waals surface area contributed by atoms with Gasteiger partial charge in [0.1, 0.15) is 11.6 Å². The van der Waals surface area contributed by atoms with Crippen molar-refractivity contribution in [2.45, 2.75) is 76.5 Å². The molecule has 3 N–H and O–H groups in total. The molecule has 1 aromatic rings. The van der Waals surface area contributed by atoms with Crippen molar-refractivity contribution in [1.29, 1.82) is 0 Å². The van der Waals surface area contributed by atoms with Gasteiger partial charge in [-0.1, -0.05) is 38.3 Å². The molecule has 3 saturated heterocycles. The molecule has 9 heteroatoms. The number of fused-ring (bicyclic) bond motifs is 1. The Kier molecular flexibility index (Phi) is 7.98. The van der Waals surface area contributed by atoms with Crippen LogP contribution in [0.2, 0.25) is 5.02 Å². The molecule has 0 saturated carbocycles. The van der Waals surface area contributed by atoms with Crippen molar-refractivity contribution in [3.05, 3.63) is 29.3 Å². The first-order valence-corrected chi connectivity index (χ1v) is 13.5. The molecule has 0 aromatic heterocycles. The smallest absolute Gasteiger partial charge is 0.250 e. The minimum absolute atomic E-state index is 0.00858. The fourth-order valence-electron chi connectivity index (χ4n) is 6.53. The van der Waals surface area contributed by atoms with E-state index in [4.69, 9.17) is 21.4 Å². The van der Waals surface area contributed by atoms with E-state index < -0.39 is 29.1 Å². The summed E-state index contributed by atoms with van der Waals surface area (Å²) in [5.74, 6) is -2.00. The highest BCUT2D eigenvalue weighted by Crippen LogP contribution is 2.65. The number of benzene rings is 1. The van der Waals surface area contributed by atoms with E-state index in [-0.39, 0.29) is 30.2 Å². The van der Waals surface area contributed by atoms with Crippen LogP contribution in [0.25, 0.3) is 0 Å². The molecule has 3 aliphatic heterocycles. The van der Waals surface area contributed by atoms with E-state index in [0.717, 1.165) is 19.3 Å². The van der Waals surface area contributed by atoms with Gasteiger partial charge in [-0.25, -0.2) is 0 Å². The Morgan fingerprint density at radius 2 is 1.86 bits per heavy atom. The van der Waals surface area contributed by atoms with Crippen molar-refractivity contribution in [3.8, 4) is 0 Å². The number of ether oxygens (including phenoxy) is 1. The topological polar surface area (TPSA) is 108 Å². The SMILES string of the molecule is CCCNC(=O)[C@@H]1[C@H]2C(=O)N(CCCCCCO)C(C(=O)Nc3ccc(Cl)cc3)C23CC(C)[C@@]1(C)O3. The van der Waals surface area contributed by atoms with Crippen molar-refractivity contribution in [2.24, 2.45) is 17.8 Å². The summed E-state index contributed by atoms with van der Waals surface area (Å²) in [6, 6.07) is 6.02. The van der Waals surface area contributed by atoms with Crippen molar-refractivity contribution >= 4 is 35.0 Å². The predicted molar refractivity (Wildman–Crippen MR) is 137 cm³/mol. The van der Waals surface area contributed by atoms with Gasteiger partial charge in [-0.15, -0.1) is 0 Å². The third kappa shape index (κ3) is 4.52. The van der Waals surface area contributed by atoms with E-state index in [0.29, 0.717) is 43.1 Å². The lowest BCUT2D eigenvalue weighted by molar-refractivity contribution is -0.146. The number of halogens is 1. The van der Waals surface area contributed by atoms with Crippen LogP contribution in [0.3, 0.4) is 0 Å². The zero-order chi connectivity index (χ0) is 26.1. The molecule has 0 radical (unpaired) electrons. The number of carbonyl (C=O) groups excluding carboxylic acids is 3. The molecule has 3 unspecified atom stereocenters. The van der Waals surface area contributed by atoms with Gasteiger partial charge in [-0.3, -0.25) is 14.4 Å². The summed E-state index contributed by atoms with van der Waals surface area (Å²) in [7, 11) is 0. The second-order valence-electron chi connectivity index (χ2n) is 10.7. The van der Waals surface area contributed by atoms with E-state index in [9.17, 15) is 14.4 Å². The molecule has 1 spiro atoms. The van der Waals surface area contributed by atoms with Crippen LogP contribution < -0.4 is 10.6 Å². The molecule has 8 nitrogen and oxygen atoms in total. The molecule has 6 atom stereocenters. The van der Waals surface area contributed by atoms with Crippen LogP contribution in [0, 0.1) is 17.8 Å². The van der Waals surface area contributed by atoms with Crippen LogP contribution in [0.15, 0.2) is 24.3 Å². The summed E-state index contributed by atoms with van der Waals surface area (Å²) in [6.07, 6.45) is 4.43. The molecular weight excluding hydrogens is 482 g/mol. The van der Waals surface area contributed by atoms with Gasteiger partial charge in [0, 0.05) is 30.4 Å². The first-order chi connectivity index (χ1) is 17.2. The normalized spacial score (nSPS) is 32.6. The highest BCUT2D eigenvalue weighted by atomic mass is 35.5. The number of unbranched alkanes of at least 4 members (excludes halogenated alkanes) is 3.